The molecule has 1 fully saturated rings. The maximum Gasteiger partial charge on any atom is 0.130 e. The number of halogens is 1. The first kappa shape index (κ1) is 18.6. The van der Waals surface area contributed by atoms with Gasteiger partial charge in [-0.2, -0.15) is 0 Å². The Morgan fingerprint density at radius 2 is 2.04 bits per heavy atom. The van der Waals surface area contributed by atoms with Crippen molar-refractivity contribution >= 4 is 5.82 Å². The van der Waals surface area contributed by atoms with E-state index < -0.39 is 0 Å². The van der Waals surface area contributed by atoms with Gasteiger partial charge in [0, 0.05) is 37.5 Å². The predicted octanol–water partition coefficient (Wildman–Crippen LogP) is 4.59. The van der Waals surface area contributed by atoms with Crippen molar-refractivity contribution in [2.24, 2.45) is 0 Å². The van der Waals surface area contributed by atoms with Gasteiger partial charge in [0.15, 0.2) is 0 Å². The van der Waals surface area contributed by atoms with E-state index in [9.17, 15) is 4.39 Å². The second-order valence-corrected chi connectivity index (χ2v) is 7.25. The summed E-state index contributed by atoms with van der Waals surface area (Å²) >= 11 is 0. The molecule has 1 aromatic carbocycles. The average Bonchev–Trinajstić information content (AvgIpc) is 3.17. The van der Waals surface area contributed by atoms with Crippen LogP contribution in [0.2, 0.25) is 0 Å². The minimum absolute atomic E-state index is 0.201. The molecule has 0 aliphatic carbocycles. The first-order chi connectivity index (χ1) is 13.7. The number of aromatic nitrogens is 2. The Morgan fingerprint density at radius 3 is 2.89 bits per heavy atom. The zero-order valence-electron chi connectivity index (χ0n) is 16.1. The quantitative estimate of drug-likeness (QED) is 0.683. The van der Waals surface area contributed by atoms with E-state index in [-0.39, 0.29) is 5.82 Å². The number of hydrogen-bond donors (Lipinski definition) is 1. The highest BCUT2D eigenvalue weighted by Gasteiger charge is 2.27. The van der Waals surface area contributed by atoms with Crippen LogP contribution in [-0.2, 0) is 13.0 Å². The first-order valence-electron chi connectivity index (χ1n) is 9.79. The summed E-state index contributed by atoms with van der Waals surface area (Å²) in [6.07, 6.45) is 4.72. The lowest BCUT2D eigenvalue weighted by atomic mass is 10.1. The second kappa shape index (κ2) is 8.48. The molecule has 4 nitrogen and oxygen atoms in total. The highest BCUT2D eigenvalue weighted by Crippen LogP contribution is 2.33. The summed E-state index contributed by atoms with van der Waals surface area (Å²) in [6, 6.07) is 17.4. The zero-order valence-corrected chi connectivity index (χ0v) is 16.1. The van der Waals surface area contributed by atoms with Crippen LogP contribution in [0.15, 0.2) is 60.8 Å². The molecule has 0 radical (unpaired) electrons. The number of anilines is 1. The third kappa shape index (κ3) is 4.20. The molecule has 2 aromatic heterocycles. The van der Waals surface area contributed by atoms with Crippen molar-refractivity contribution in [2.75, 3.05) is 18.9 Å². The monoisotopic (exact) mass is 376 g/mol. The van der Waals surface area contributed by atoms with Gasteiger partial charge in [0.05, 0.1) is 11.7 Å². The molecule has 1 atom stereocenters. The van der Waals surface area contributed by atoms with Gasteiger partial charge in [0.1, 0.15) is 11.6 Å². The highest BCUT2D eigenvalue weighted by molar-refractivity contribution is 5.43. The van der Waals surface area contributed by atoms with E-state index in [2.05, 4.69) is 33.4 Å². The standard InChI is InChI=1S/C23H25FN4/c1-25-23-18(7-4-12-26-23)16-28-13-5-11-22(28)21-10-3-9-20(27-21)15-17-6-2-8-19(24)14-17/h2-4,6-10,12,14,22H,5,11,13,15-16H2,1H3,(H,25,26)/t22-/m0/s1. The molecule has 144 valence electrons. The summed E-state index contributed by atoms with van der Waals surface area (Å²) < 4.78 is 13.5. The van der Waals surface area contributed by atoms with Crippen LogP contribution < -0.4 is 5.32 Å². The summed E-state index contributed by atoms with van der Waals surface area (Å²) in [4.78, 5) is 11.8. The van der Waals surface area contributed by atoms with Crippen LogP contribution in [0.25, 0.3) is 0 Å². The molecule has 0 amide bonds. The topological polar surface area (TPSA) is 41.1 Å². The Bertz CT molecular complexity index is 943. The molecule has 0 unspecified atom stereocenters. The second-order valence-electron chi connectivity index (χ2n) is 7.25. The lowest BCUT2D eigenvalue weighted by Crippen LogP contribution is -2.24. The molecule has 0 bridgehead atoms. The molecular weight excluding hydrogens is 351 g/mol. The molecule has 1 N–H and O–H groups in total. The van der Waals surface area contributed by atoms with Crippen molar-refractivity contribution in [3.8, 4) is 0 Å². The van der Waals surface area contributed by atoms with Crippen LogP contribution in [0.4, 0.5) is 10.2 Å². The van der Waals surface area contributed by atoms with Crippen LogP contribution in [0.1, 0.15) is 41.4 Å². The molecular formula is C23H25FN4. The Balaban J connectivity index is 1.53. The van der Waals surface area contributed by atoms with Crippen molar-refractivity contribution in [3.05, 3.63) is 89.1 Å². The summed E-state index contributed by atoms with van der Waals surface area (Å²) in [6.45, 7) is 1.91. The molecule has 1 aliphatic rings. The van der Waals surface area contributed by atoms with Gasteiger partial charge < -0.3 is 5.32 Å². The lowest BCUT2D eigenvalue weighted by molar-refractivity contribution is 0.244. The van der Waals surface area contributed by atoms with Crippen LogP contribution in [0.5, 0.6) is 0 Å². The smallest absolute Gasteiger partial charge is 0.130 e. The van der Waals surface area contributed by atoms with E-state index in [1.807, 2.05) is 31.4 Å². The van der Waals surface area contributed by atoms with Crippen molar-refractivity contribution in [1.29, 1.82) is 0 Å². The Kier molecular flexibility index (Phi) is 5.63. The first-order valence-corrected chi connectivity index (χ1v) is 9.79. The van der Waals surface area contributed by atoms with Crippen molar-refractivity contribution in [2.45, 2.75) is 31.8 Å². The highest BCUT2D eigenvalue weighted by atomic mass is 19.1. The van der Waals surface area contributed by atoms with E-state index in [4.69, 9.17) is 4.98 Å². The number of nitrogens with zero attached hydrogens (tertiary/aromatic N) is 3. The predicted molar refractivity (Wildman–Crippen MR) is 110 cm³/mol. The van der Waals surface area contributed by atoms with E-state index in [1.54, 1.807) is 12.1 Å². The minimum atomic E-state index is -0.201. The molecule has 3 heterocycles. The molecule has 3 aromatic rings. The van der Waals surface area contributed by atoms with Crippen LogP contribution in [0.3, 0.4) is 0 Å². The number of rotatable bonds is 6. The van der Waals surface area contributed by atoms with Crippen molar-refractivity contribution < 1.29 is 4.39 Å². The van der Waals surface area contributed by atoms with E-state index >= 15 is 0 Å². The molecule has 1 saturated heterocycles. The van der Waals surface area contributed by atoms with Gasteiger partial charge in [-0.25, -0.2) is 9.37 Å². The van der Waals surface area contributed by atoms with E-state index in [1.165, 1.54) is 11.6 Å². The third-order valence-electron chi connectivity index (χ3n) is 5.31. The van der Waals surface area contributed by atoms with Gasteiger partial charge in [0.2, 0.25) is 0 Å². The molecule has 4 rings (SSSR count). The van der Waals surface area contributed by atoms with Crippen LogP contribution in [-0.4, -0.2) is 28.5 Å². The SMILES string of the molecule is CNc1ncccc1CN1CCC[C@H]1c1cccc(Cc2cccc(F)c2)n1. The van der Waals surface area contributed by atoms with Gasteiger partial charge in [0.25, 0.3) is 0 Å². The molecule has 0 spiro atoms. The van der Waals surface area contributed by atoms with E-state index in [0.717, 1.165) is 48.7 Å². The fraction of sp³-hybridized carbons (Fsp3) is 0.304. The van der Waals surface area contributed by atoms with Gasteiger partial charge in [-0.15, -0.1) is 0 Å². The molecule has 1 aliphatic heterocycles. The molecule has 5 heteroatoms. The van der Waals surface area contributed by atoms with Crippen LogP contribution in [0, 0.1) is 5.82 Å². The van der Waals surface area contributed by atoms with Gasteiger partial charge in [-0.05, 0) is 55.3 Å². The normalized spacial score (nSPS) is 17.0. The Labute approximate surface area is 165 Å². The summed E-state index contributed by atoms with van der Waals surface area (Å²) in [5.41, 5.74) is 4.23. The van der Waals surface area contributed by atoms with Crippen molar-refractivity contribution in [3.63, 3.8) is 0 Å². The van der Waals surface area contributed by atoms with Crippen LogP contribution >= 0.6 is 0 Å². The Morgan fingerprint density at radius 1 is 1.14 bits per heavy atom. The number of likely N-dealkylation sites (tertiary alicyclic amines) is 1. The summed E-state index contributed by atoms with van der Waals surface area (Å²) in [5.74, 6) is 0.730. The number of benzene rings is 1. The number of pyridine rings is 2. The third-order valence-corrected chi connectivity index (χ3v) is 5.31. The Hall–Kier alpha value is -2.79. The maximum atomic E-state index is 13.5. The molecule has 28 heavy (non-hydrogen) atoms. The number of nitrogens with one attached hydrogen (secondary N) is 1. The number of hydrogen-bond acceptors (Lipinski definition) is 4. The van der Waals surface area contributed by atoms with Gasteiger partial charge in [-0.1, -0.05) is 24.3 Å². The fourth-order valence-electron chi connectivity index (χ4n) is 4.00. The van der Waals surface area contributed by atoms with Gasteiger partial charge >= 0.3 is 0 Å². The van der Waals surface area contributed by atoms with Crippen molar-refractivity contribution in [1.82, 2.24) is 14.9 Å². The zero-order chi connectivity index (χ0) is 19.3. The van der Waals surface area contributed by atoms with Gasteiger partial charge in [-0.3, -0.25) is 9.88 Å². The largest absolute Gasteiger partial charge is 0.373 e. The summed E-state index contributed by atoms with van der Waals surface area (Å²) in [7, 11) is 1.91. The molecule has 0 saturated carbocycles. The fourth-order valence-corrected chi connectivity index (χ4v) is 4.00. The average molecular weight is 376 g/mol. The summed E-state index contributed by atoms with van der Waals surface area (Å²) in [5, 5.41) is 3.18. The lowest BCUT2D eigenvalue weighted by Gasteiger charge is -2.25. The maximum absolute atomic E-state index is 13.5. The minimum Gasteiger partial charge on any atom is -0.373 e. The van der Waals surface area contributed by atoms with E-state index in [0.29, 0.717) is 12.5 Å².